The number of hydrogen-bond donors (Lipinski definition) is 0. The Morgan fingerprint density at radius 1 is 1.07 bits per heavy atom. The van der Waals surface area contributed by atoms with Gasteiger partial charge in [-0.05, 0) is 35.7 Å². The second-order valence-electron chi connectivity index (χ2n) is 7.48. The standard InChI is InChI=1S/C23H28N4O2/c1-29-17-16-26-11-7-19-5-6-20(18-22(19)26)23(28)27-14-12-25(13-15-27)10-8-21-4-2-3-9-24-21/h2-7,9,11,18H,8,10,12-17H2,1H3. The van der Waals surface area contributed by atoms with Crippen molar-refractivity contribution in [3.63, 3.8) is 0 Å². The smallest absolute Gasteiger partial charge is 0.254 e. The van der Waals surface area contributed by atoms with Gasteiger partial charge in [-0.25, -0.2) is 0 Å². The summed E-state index contributed by atoms with van der Waals surface area (Å²) in [6.07, 6.45) is 4.84. The Kier molecular flexibility index (Phi) is 6.22. The summed E-state index contributed by atoms with van der Waals surface area (Å²) >= 11 is 0. The summed E-state index contributed by atoms with van der Waals surface area (Å²) in [5, 5.41) is 1.15. The molecule has 1 aliphatic heterocycles. The Balaban J connectivity index is 1.35. The molecule has 0 radical (unpaired) electrons. The van der Waals surface area contributed by atoms with Crippen LogP contribution in [0.2, 0.25) is 0 Å². The number of carbonyl (C=O) groups is 1. The van der Waals surface area contributed by atoms with E-state index >= 15 is 0 Å². The fourth-order valence-electron chi connectivity index (χ4n) is 3.88. The van der Waals surface area contributed by atoms with Crippen LogP contribution in [0.25, 0.3) is 10.9 Å². The van der Waals surface area contributed by atoms with E-state index in [4.69, 9.17) is 4.74 Å². The van der Waals surface area contributed by atoms with Crippen molar-refractivity contribution in [2.75, 3.05) is 46.4 Å². The minimum Gasteiger partial charge on any atom is -0.383 e. The van der Waals surface area contributed by atoms with Gasteiger partial charge in [0.15, 0.2) is 0 Å². The molecule has 0 saturated carbocycles. The molecule has 152 valence electrons. The maximum atomic E-state index is 13.0. The highest BCUT2D eigenvalue weighted by Crippen LogP contribution is 2.19. The Labute approximate surface area is 171 Å². The van der Waals surface area contributed by atoms with Crippen molar-refractivity contribution in [1.82, 2.24) is 19.4 Å². The number of ether oxygens (including phenoxy) is 1. The number of pyridine rings is 1. The molecule has 0 atom stereocenters. The molecule has 1 saturated heterocycles. The van der Waals surface area contributed by atoms with E-state index in [0.717, 1.165) is 67.8 Å². The first-order valence-electron chi connectivity index (χ1n) is 10.2. The van der Waals surface area contributed by atoms with Gasteiger partial charge in [-0.2, -0.15) is 0 Å². The monoisotopic (exact) mass is 392 g/mol. The number of hydrogen-bond acceptors (Lipinski definition) is 4. The van der Waals surface area contributed by atoms with Gasteiger partial charge in [0.1, 0.15) is 0 Å². The molecule has 0 aliphatic carbocycles. The summed E-state index contributed by atoms with van der Waals surface area (Å²) in [7, 11) is 1.71. The van der Waals surface area contributed by atoms with Crippen LogP contribution in [0.4, 0.5) is 0 Å². The molecule has 0 spiro atoms. The molecule has 2 aromatic heterocycles. The molecule has 1 fully saturated rings. The van der Waals surface area contributed by atoms with Crippen LogP contribution in [0.15, 0.2) is 54.9 Å². The van der Waals surface area contributed by atoms with Gasteiger partial charge in [-0.15, -0.1) is 0 Å². The van der Waals surface area contributed by atoms with Crippen LogP contribution in [0.3, 0.4) is 0 Å². The van der Waals surface area contributed by atoms with Crippen molar-refractivity contribution in [3.05, 3.63) is 66.1 Å². The van der Waals surface area contributed by atoms with Crippen LogP contribution in [0, 0.1) is 0 Å². The third-order valence-corrected chi connectivity index (χ3v) is 5.63. The first kappa shape index (κ1) is 19.6. The predicted molar refractivity (Wildman–Crippen MR) is 114 cm³/mol. The zero-order valence-corrected chi connectivity index (χ0v) is 17.0. The van der Waals surface area contributed by atoms with Crippen LogP contribution >= 0.6 is 0 Å². The molecular weight excluding hydrogens is 364 g/mol. The molecule has 0 bridgehead atoms. The molecule has 4 rings (SSSR count). The highest BCUT2D eigenvalue weighted by molar-refractivity contribution is 5.98. The minimum absolute atomic E-state index is 0.121. The van der Waals surface area contributed by atoms with Gasteiger partial charge in [0.25, 0.3) is 5.91 Å². The van der Waals surface area contributed by atoms with Crippen molar-refractivity contribution in [3.8, 4) is 0 Å². The van der Waals surface area contributed by atoms with Crippen molar-refractivity contribution < 1.29 is 9.53 Å². The minimum atomic E-state index is 0.121. The van der Waals surface area contributed by atoms with Crippen LogP contribution in [0.1, 0.15) is 16.1 Å². The van der Waals surface area contributed by atoms with E-state index in [1.54, 1.807) is 7.11 Å². The average Bonchev–Trinajstić information content (AvgIpc) is 3.19. The van der Waals surface area contributed by atoms with Crippen molar-refractivity contribution in [2.24, 2.45) is 0 Å². The lowest BCUT2D eigenvalue weighted by atomic mass is 10.1. The van der Waals surface area contributed by atoms with E-state index in [-0.39, 0.29) is 5.91 Å². The molecule has 3 aromatic rings. The number of carbonyl (C=O) groups excluding carboxylic acids is 1. The van der Waals surface area contributed by atoms with Crippen molar-refractivity contribution >= 4 is 16.8 Å². The maximum absolute atomic E-state index is 13.0. The van der Waals surface area contributed by atoms with Gasteiger partial charge in [0.05, 0.1) is 6.61 Å². The topological polar surface area (TPSA) is 50.6 Å². The lowest BCUT2D eigenvalue weighted by Crippen LogP contribution is -2.49. The van der Waals surface area contributed by atoms with Crippen LogP contribution in [-0.4, -0.2) is 71.7 Å². The summed E-state index contributed by atoms with van der Waals surface area (Å²) in [6.45, 7) is 5.77. The number of rotatable bonds is 7. The first-order valence-corrected chi connectivity index (χ1v) is 10.2. The predicted octanol–water partition coefficient (Wildman–Crippen LogP) is 2.68. The van der Waals surface area contributed by atoms with Crippen LogP contribution in [-0.2, 0) is 17.7 Å². The van der Waals surface area contributed by atoms with Crippen molar-refractivity contribution in [1.29, 1.82) is 0 Å². The molecule has 1 amide bonds. The van der Waals surface area contributed by atoms with Gasteiger partial charge in [-0.3, -0.25) is 14.7 Å². The zero-order chi connectivity index (χ0) is 20.1. The molecule has 1 aliphatic rings. The van der Waals surface area contributed by atoms with Crippen LogP contribution < -0.4 is 0 Å². The Bertz CT molecular complexity index is 946. The molecule has 0 unspecified atom stereocenters. The average molecular weight is 393 g/mol. The number of piperazine rings is 1. The summed E-state index contributed by atoms with van der Waals surface area (Å²) in [5.41, 5.74) is 2.97. The summed E-state index contributed by atoms with van der Waals surface area (Å²) in [5.74, 6) is 0.121. The maximum Gasteiger partial charge on any atom is 0.254 e. The normalized spacial score (nSPS) is 15.1. The van der Waals surface area contributed by atoms with Crippen molar-refractivity contribution in [2.45, 2.75) is 13.0 Å². The quantitative estimate of drug-likeness (QED) is 0.620. The van der Waals surface area contributed by atoms with E-state index in [1.807, 2.05) is 41.4 Å². The molecule has 29 heavy (non-hydrogen) atoms. The Hall–Kier alpha value is -2.70. The highest BCUT2D eigenvalue weighted by atomic mass is 16.5. The molecule has 6 heteroatoms. The number of fused-ring (bicyclic) bond motifs is 1. The number of aromatic nitrogens is 2. The van der Waals surface area contributed by atoms with Gasteiger partial charge >= 0.3 is 0 Å². The lowest BCUT2D eigenvalue weighted by molar-refractivity contribution is 0.0638. The second-order valence-corrected chi connectivity index (χ2v) is 7.48. The third-order valence-electron chi connectivity index (χ3n) is 5.63. The van der Waals surface area contributed by atoms with Gasteiger partial charge in [-0.1, -0.05) is 12.1 Å². The summed E-state index contributed by atoms with van der Waals surface area (Å²) in [4.78, 5) is 21.8. The van der Waals surface area contributed by atoms with E-state index < -0.39 is 0 Å². The molecule has 6 nitrogen and oxygen atoms in total. The van der Waals surface area contributed by atoms with Crippen LogP contribution in [0.5, 0.6) is 0 Å². The Morgan fingerprint density at radius 3 is 2.69 bits per heavy atom. The largest absolute Gasteiger partial charge is 0.383 e. The van der Waals surface area contributed by atoms with E-state index in [1.165, 1.54) is 0 Å². The fourth-order valence-corrected chi connectivity index (χ4v) is 3.88. The van der Waals surface area contributed by atoms with Gasteiger partial charge < -0.3 is 14.2 Å². The number of methoxy groups -OCH3 is 1. The number of nitrogens with zero attached hydrogens (tertiary/aromatic N) is 4. The Morgan fingerprint density at radius 2 is 1.93 bits per heavy atom. The number of benzene rings is 1. The van der Waals surface area contributed by atoms with E-state index in [9.17, 15) is 4.79 Å². The third kappa shape index (κ3) is 4.66. The van der Waals surface area contributed by atoms with Gasteiger partial charge in [0.2, 0.25) is 0 Å². The first-order chi connectivity index (χ1) is 14.2. The van der Waals surface area contributed by atoms with Gasteiger partial charge in [0, 0.05) is 82.0 Å². The SMILES string of the molecule is COCCn1ccc2ccc(C(=O)N3CCN(CCc4ccccn4)CC3)cc21. The summed E-state index contributed by atoms with van der Waals surface area (Å²) in [6, 6.07) is 14.1. The lowest BCUT2D eigenvalue weighted by Gasteiger charge is -2.34. The van der Waals surface area contributed by atoms with E-state index in [0.29, 0.717) is 6.61 Å². The molecule has 1 aromatic carbocycles. The fraction of sp³-hybridized carbons (Fsp3) is 0.391. The highest BCUT2D eigenvalue weighted by Gasteiger charge is 2.22. The molecule has 3 heterocycles. The molecular formula is C23H28N4O2. The van der Waals surface area contributed by atoms with E-state index in [2.05, 4.69) is 32.8 Å². The summed E-state index contributed by atoms with van der Waals surface area (Å²) < 4.78 is 7.33. The molecule has 0 N–H and O–H groups in total. The second kappa shape index (κ2) is 9.20. The zero-order valence-electron chi connectivity index (χ0n) is 17.0. The number of amides is 1.